The Labute approximate surface area is 138 Å². The maximum Gasteiger partial charge on any atom is 0.261 e. The van der Waals surface area contributed by atoms with Gasteiger partial charge in [-0.05, 0) is 30.9 Å². The van der Waals surface area contributed by atoms with Crippen LogP contribution in [0.4, 0.5) is 0 Å². The number of fused-ring (bicyclic) bond motifs is 1. The number of H-pyrrole nitrogens is 1. The maximum absolute atomic E-state index is 12.8. The number of hydrogen-bond acceptors (Lipinski definition) is 5. The smallest absolute Gasteiger partial charge is 0.261 e. The van der Waals surface area contributed by atoms with Crippen molar-refractivity contribution in [2.75, 3.05) is 19.7 Å². The summed E-state index contributed by atoms with van der Waals surface area (Å²) in [5.74, 6) is -0.247. The average molecular weight is 326 g/mol. The summed E-state index contributed by atoms with van der Waals surface area (Å²) in [6, 6.07) is 1.76. The van der Waals surface area contributed by atoms with E-state index in [-0.39, 0.29) is 23.1 Å². The van der Waals surface area contributed by atoms with E-state index in [9.17, 15) is 9.59 Å². The summed E-state index contributed by atoms with van der Waals surface area (Å²) in [5.41, 5.74) is 2.66. The highest BCUT2D eigenvalue weighted by Gasteiger charge is 2.29. The highest BCUT2D eigenvalue weighted by Crippen LogP contribution is 2.22. The van der Waals surface area contributed by atoms with Gasteiger partial charge in [0.05, 0.1) is 25.0 Å². The largest absolute Gasteiger partial charge is 0.368 e. The molecule has 24 heavy (non-hydrogen) atoms. The summed E-state index contributed by atoms with van der Waals surface area (Å²) in [6.45, 7) is 1.25. The van der Waals surface area contributed by atoms with E-state index in [1.54, 1.807) is 29.6 Å². The highest BCUT2D eigenvalue weighted by atomic mass is 16.5. The van der Waals surface area contributed by atoms with Gasteiger partial charge in [-0.25, -0.2) is 0 Å². The van der Waals surface area contributed by atoms with E-state index in [0.29, 0.717) is 25.4 Å². The molecule has 1 saturated heterocycles. The molecule has 0 spiro atoms. The molecule has 1 N–H and O–H groups in total. The minimum atomic E-state index is -0.315. The number of aromatic nitrogens is 3. The number of carbonyl (C=O) groups is 1. The third-order valence-electron chi connectivity index (χ3n) is 4.59. The lowest BCUT2D eigenvalue weighted by Gasteiger charge is -2.32. The number of rotatable bonds is 2. The van der Waals surface area contributed by atoms with Crippen LogP contribution in [0.3, 0.4) is 0 Å². The maximum atomic E-state index is 12.8. The van der Waals surface area contributed by atoms with Gasteiger partial charge in [-0.1, -0.05) is 0 Å². The fraction of sp³-hybridized carbons (Fsp3) is 0.412. The van der Waals surface area contributed by atoms with E-state index >= 15 is 0 Å². The standard InChI is InChI=1S/C17H18N4O3/c22-16-12(8-11-2-1-3-13(11)20-16)17(23)21-6-7-24-15(10-21)14-9-18-4-5-19-14/h4-5,8-9,15H,1-3,6-7,10H2,(H,20,22). The topological polar surface area (TPSA) is 88.2 Å². The fourth-order valence-corrected chi connectivity index (χ4v) is 3.33. The Bertz CT molecular complexity index is 818. The summed E-state index contributed by atoms with van der Waals surface area (Å²) in [6.07, 6.45) is 7.34. The molecular formula is C17H18N4O3. The van der Waals surface area contributed by atoms with E-state index in [2.05, 4.69) is 15.0 Å². The zero-order valence-corrected chi connectivity index (χ0v) is 13.2. The van der Waals surface area contributed by atoms with Gasteiger partial charge in [-0.2, -0.15) is 0 Å². The summed E-state index contributed by atoms with van der Waals surface area (Å²) >= 11 is 0. The number of amides is 1. The number of hydrogen-bond donors (Lipinski definition) is 1. The van der Waals surface area contributed by atoms with Crippen molar-refractivity contribution in [1.29, 1.82) is 0 Å². The third kappa shape index (κ3) is 2.71. The van der Waals surface area contributed by atoms with Gasteiger partial charge >= 0.3 is 0 Å². The normalized spacial score (nSPS) is 20.0. The number of ether oxygens (including phenoxy) is 1. The zero-order valence-electron chi connectivity index (χ0n) is 13.2. The minimum absolute atomic E-state index is 0.218. The number of nitrogens with one attached hydrogen (secondary N) is 1. The first-order chi connectivity index (χ1) is 11.7. The molecule has 2 aromatic rings. The van der Waals surface area contributed by atoms with Gasteiger partial charge in [-0.3, -0.25) is 19.6 Å². The molecule has 0 radical (unpaired) electrons. The van der Waals surface area contributed by atoms with Gasteiger partial charge in [-0.15, -0.1) is 0 Å². The number of carbonyl (C=O) groups excluding carboxylic acids is 1. The van der Waals surface area contributed by atoms with Crippen LogP contribution in [0.25, 0.3) is 0 Å². The van der Waals surface area contributed by atoms with E-state index in [1.807, 2.05) is 0 Å². The van der Waals surface area contributed by atoms with Crippen molar-refractivity contribution < 1.29 is 9.53 Å². The predicted octanol–water partition coefficient (Wildman–Crippen LogP) is 0.867. The SMILES string of the molecule is O=C(c1cc2c([nH]c1=O)CCC2)N1CCOC(c2cnccn2)C1. The van der Waals surface area contributed by atoms with Crippen LogP contribution in [0.15, 0.2) is 29.5 Å². The van der Waals surface area contributed by atoms with Gasteiger partial charge in [0, 0.05) is 24.6 Å². The van der Waals surface area contributed by atoms with E-state index < -0.39 is 0 Å². The molecule has 1 amide bonds. The molecule has 2 aromatic heterocycles. The van der Waals surface area contributed by atoms with Crippen LogP contribution in [0.1, 0.15) is 39.8 Å². The van der Waals surface area contributed by atoms with Crippen molar-refractivity contribution in [3.63, 3.8) is 0 Å². The Morgan fingerprint density at radius 1 is 1.33 bits per heavy atom. The van der Waals surface area contributed by atoms with Crippen LogP contribution in [0.2, 0.25) is 0 Å². The fourth-order valence-electron chi connectivity index (χ4n) is 3.33. The molecule has 7 heteroatoms. The Morgan fingerprint density at radius 2 is 2.25 bits per heavy atom. The lowest BCUT2D eigenvalue weighted by atomic mass is 10.1. The van der Waals surface area contributed by atoms with Crippen molar-refractivity contribution in [2.24, 2.45) is 0 Å². The van der Waals surface area contributed by atoms with Crippen molar-refractivity contribution >= 4 is 5.91 Å². The Balaban J connectivity index is 1.57. The van der Waals surface area contributed by atoms with Crippen LogP contribution in [-0.2, 0) is 17.6 Å². The molecule has 0 saturated carbocycles. The molecule has 0 bridgehead atoms. The van der Waals surface area contributed by atoms with Crippen molar-refractivity contribution in [1.82, 2.24) is 19.9 Å². The van der Waals surface area contributed by atoms with Crippen LogP contribution in [0.5, 0.6) is 0 Å². The molecule has 0 aromatic carbocycles. The van der Waals surface area contributed by atoms with Gasteiger partial charge in [0.15, 0.2) is 0 Å². The first-order valence-electron chi connectivity index (χ1n) is 8.14. The van der Waals surface area contributed by atoms with Gasteiger partial charge in [0.2, 0.25) is 0 Å². The second-order valence-electron chi connectivity index (χ2n) is 6.11. The zero-order chi connectivity index (χ0) is 16.5. The number of aromatic amines is 1. The second-order valence-corrected chi connectivity index (χ2v) is 6.11. The van der Waals surface area contributed by atoms with E-state index in [1.165, 1.54) is 0 Å². The number of morpholine rings is 1. The number of nitrogens with zero attached hydrogens (tertiary/aromatic N) is 3. The molecule has 1 aliphatic heterocycles. The molecular weight excluding hydrogens is 308 g/mol. The third-order valence-corrected chi connectivity index (χ3v) is 4.59. The molecule has 1 fully saturated rings. The summed E-state index contributed by atoms with van der Waals surface area (Å²) in [4.78, 5) is 37.9. The summed E-state index contributed by atoms with van der Waals surface area (Å²) in [7, 11) is 0. The molecule has 1 atom stereocenters. The van der Waals surface area contributed by atoms with E-state index in [0.717, 1.165) is 30.5 Å². The minimum Gasteiger partial charge on any atom is -0.368 e. The lowest BCUT2D eigenvalue weighted by molar-refractivity contribution is -0.0249. The first-order valence-corrected chi connectivity index (χ1v) is 8.14. The van der Waals surface area contributed by atoms with Crippen molar-refractivity contribution in [3.8, 4) is 0 Å². The van der Waals surface area contributed by atoms with Crippen LogP contribution >= 0.6 is 0 Å². The Hall–Kier alpha value is -2.54. The summed E-state index contributed by atoms with van der Waals surface area (Å²) < 4.78 is 5.70. The van der Waals surface area contributed by atoms with Crippen LogP contribution in [-0.4, -0.2) is 45.5 Å². The molecule has 1 unspecified atom stereocenters. The average Bonchev–Trinajstić information content (AvgIpc) is 3.08. The van der Waals surface area contributed by atoms with Crippen LogP contribution in [0, 0.1) is 0 Å². The van der Waals surface area contributed by atoms with Crippen molar-refractivity contribution in [3.05, 3.63) is 57.5 Å². The predicted molar refractivity (Wildman–Crippen MR) is 85.7 cm³/mol. The summed E-state index contributed by atoms with van der Waals surface area (Å²) in [5, 5.41) is 0. The number of aryl methyl sites for hydroxylation is 2. The lowest BCUT2D eigenvalue weighted by Crippen LogP contribution is -2.44. The molecule has 7 nitrogen and oxygen atoms in total. The molecule has 124 valence electrons. The van der Waals surface area contributed by atoms with Gasteiger partial charge < -0.3 is 14.6 Å². The Morgan fingerprint density at radius 3 is 3.08 bits per heavy atom. The monoisotopic (exact) mass is 326 g/mol. The molecule has 4 rings (SSSR count). The molecule has 3 heterocycles. The molecule has 1 aliphatic carbocycles. The quantitative estimate of drug-likeness (QED) is 0.884. The first kappa shape index (κ1) is 15.0. The second kappa shape index (κ2) is 6.16. The molecule has 2 aliphatic rings. The van der Waals surface area contributed by atoms with Crippen molar-refractivity contribution in [2.45, 2.75) is 25.4 Å². The van der Waals surface area contributed by atoms with Gasteiger partial charge in [0.1, 0.15) is 11.7 Å². The van der Waals surface area contributed by atoms with Gasteiger partial charge in [0.25, 0.3) is 11.5 Å². The highest BCUT2D eigenvalue weighted by molar-refractivity contribution is 5.94. The van der Waals surface area contributed by atoms with Crippen LogP contribution < -0.4 is 5.56 Å². The van der Waals surface area contributed by atoms with E-state index in [4.69, 9.17) is 4.74 Å². The number of pyridine rings is 1. The Kier molecular flexibility index (Phi) is 3.86.